The molecule has 1 heterocycles. The molecule has 0 aromatic heterocycles. The summed E-state index contributed by atoms with van der Waals surface area (Å²) in [6.45, 7) is 2.54. The van der Waals surface area contributed by atoms with Crippen LogP contribution in [0.25, 0.3) is 5.70 Å². The van der Waals surface area contributed by atoms with Crippen LogP contribution in [0.3, 0.4) is 0 Å². The first kappa shape index (κ1) is 20.3. The topological polar surface area (TPSA) is 58.1 Å². The lowest BCUT2D eigenvalue weighted by molar-refractivity contribution is -0.731. The van der Waals surface area contributed by atoms with E-state index in [2.05, 4.69) is 5.32 Å². The highest BCUT2D eigenvalue weighted by atomic mass is 35.5. The Morgan fingerprint density at radius 2 is 1.83 bits per heavy atom. The van der Waals surface area contributed by atoms with Gasteiger partial charge in [0.2, 0.25) is 0 Å². The minimum Gasteiger partial charge on any atom is -0.507 e. The molecule has 6 heteroatoms. The Morgan fingerprint density at radius 3 is 2.57 bits per heavy atom. The van der Waals surface area contributed by atoms with E-state index in [-0.39, 0.29) is 23.8 Å². The molecule has 4 nitrogen and oxygen atoms in total. The zero-order valence-electron chi connectivity index (χ0n) is 16.5. The predicted octanol–water partition coefficient (Wildman–Crippen LogP) is 4.53. The fraction of sp³-hybridized carbons (Fsp3) is 0.167. The zero-order chi connectivity index (χ0) is 21.1. The number of aromatic hydroxyl groups is 1. The molecule has 0 saturated carbocycles. The summed E-state index contributed by atoms with van der Waals surface area (Å²) >= 11 is 6.18. The van der Waals surface area contributed by atoms with Crippen LogP contribution in [0.5, 0.6) is 11.5 Å². The van der Waals surface area contributed by atoms with E-state index in [4.69, 9.17) is 16.3 Å². The standard InChI is InChI=1S/C24H22ClFN2O2/c1-2-30-17-10-7-15(8-11-17)21-14-22(19-13-16(25)9-12-23(19)29)28-24(27-21)18-5-3-4-6-20(18)26/h3-14,22,24,27-29H,2H2,1H3/p+1. The summed E-state index contributed by atoms with van der Waals surface area (Å²) in [5.74, 6) is 0.657. The Balaban J connectivity index is 1.75. The Labute approximate surface area is 180 Å². The van der Waals surface area contributed by atoms with E-state index in [1.807, 2.05) is 48.6 Å². The van der Waals surface area contributed by atoms with Gasteiger partial charge in [-0.15, -0.1) is 0 Å². The molecule has 0 fully saturated rings. The van der Waals surface area contributed by atoms with Crippen LogP contribution in [-0.4, -0.2) is 11.7 Å². The number of phenolic OH excluding ortho intramolecular Hbond substituents is 1. The van der Waals surface area contributed by atoms with Gasteiger partial charge in [-0.05, 0) is 67.1 Å². The number of phenols is 1. The van der Waals surface area contributed by atoms with E-state index in [1.54, 1.807) is 30.3 Å². The van der Waals surface area contributed by atoms with E-state index in [9.17, 15) is 9.50 Å². The van der Waals surface area contributed by atoms with E-state index >= 15 is 0 Å². The number of hydrogen-bond donors (Lipinski definition) is 3. The van der Waals surface area contributed by atoms with Gasteiger partial charge in [-0.1, -0.05) is 23.7 Å². The van der Waals surface area contributed by atoms with Crippen molar-refractivity contribution in [2.24, 2.45) is 0 Å². The van der Waals surface area contributed by atoms with Crippen molar-refractivity contribution in [1.82, 2.24) is 5.32 Å². The van der Waals surface area contributed by atoms with Crippen LogP contribution in [0.15, 0.2) is 72.8 Å². The third-order valence-electron chi connectivity index (χ3n) is 5.12. The van der Waals surface area contributed by atoms with Crippen LogP contribution < -0.4 is 15.4 Å². The third kappa shape index (κ3) is 4.27. The van der Waals surface area contributed by atoms with Gasteiger partial charge in [0, 0.05) is 16.8 Å². The first-order chi connectivity index (χ1) is 14.5. The second-order valence-electron chi connectivity index (χ2n) is 7.10. The summed E-state index contributed by atoms with van der Waals surface area (Å²) in [7, 11) is 0. The molecule has 1 aliphatic rings. The maximum absolute atomic E-state index is 14.5. The molecule has 2 unspecified atom stereocenters. The van der Waals surface area contributed by atoms with E-state index in [1.165, 1.54) is 6.07 Å². The smallest absolute Gasteiger partial charge is 0.189 e. The second-order valence-corrected chi connectivity index (χ2v) is 7.54. The number of nitrogens with two attached hydrogens (primary N) is 1. The van der Waals surface area contributed by atoms with Crippen LogP contribution in [0, 0.1) is 5.82 Å². The number of quaternary nitrogens is 1. The third-order valence-corrected chi connectivity index (χ3v) is 5.36. The number of halogens is 2. The average Bonchev–Trinajstić information content (AvgIpc) is 2.76. The van der Waals surface area contributed by atoms with Crippen molar-refractivity contribution >= 4 is 17.3 Å². The minimum absolute atomic E-state index is 0.150. The number of ether oxygens (including phenoxy) is 1. The number of nitrogens with one attached hydrogen (secondary N) is 1. The Hall–Kier alpha value is -3.02. The predicted molar refractivity (Wildman–Crippen MR) is 116 cm³/mol. The van der Waals surface area contributed by atoms with Crippen LogP contribution in [0.2, 0.25) is 5.02 Å². The molecular weight excluding hydrogens is 403 g/mol. The fourth-order valence-electron chi connectivity index (χ4n) is 3.68. The molecule has 154 valence electrons. The highest BCUT2D eigenvalue weighted by Crippen LogP contribution is 2.31. The highest BCUT2D eigenvalue weighted by Gasteiger charge is 2.31. The normalized spacial score (nSPS) is 18.4. The van der Waals surface area contributed by atoms with Crippen molar-refractivity contribution in [3.63, 3.8) is 0 Å². The molecule has 30 heavy (non-hydrogen) atoms. The van der Waals surface area contributed by atoms with Gasteiger partial charge in [-0.25, -0.2) is 4.39 Å². The molecule has 0 bridgehead atoms. The number of hydrogen-bond acceptors (Lipinski definition) is 3. The SMILES string of the molecule is CCOc1ccc(C2=CC(c3cc(Cl)ccc3O)[NH2+]C(c3ccccc3F)N2)cc1. The van der Waals surface area contributed by atoms with Gasteiger partial charge >= 0.3 is 0 Å². The average molecular weight is 426 g/mol. The van der Waals surface area contributed by atoms with Crippen LogP contribution in [-0.2, 0) is 0 Å². The monoisotopic (exact) mass is 425 g/mol. The summed E-state index contributed by atoms with van der Waals surface area (Å²) < 4.78 is 20.1. The Morgan fingerprint density at radius 1 is 1.07 bits per heavy atom. The van der Waals surface area contributed by atoms with Crippen molar-refractivity contribution in [2.45, 2.75) is 19.1 Å². The first-order valence-corrected chi connectivity index (χ1v) is 10.2. The van der Waals surface area contributed by atoms with Gasteiger partial charge in [0.1, 0.15) is 23.4 Å². The summed E-state index contributed by atoms with van der Waals surface area (Å²) in [4.78, 5) is 0. The van der Waals surface area contributed by atoms with Gasteiger partial charge < -0.3 is 20.5 Å². The van der Waals surface area contributed by atoms with Gasteiger partial charge in [0.05, 0.1) is 17.7 Å². The lowest BCUT2D eigenvalue weighted by Gasteiger charge is -2.30. The highest BCUT2D eigenvalue weighted by molar-refractivity contribution is 6.30. The molecule has 0 amide bonds. The molecule has 0 aliphatic carbocycles. The molecule has 0 spiro atoms. The lowest BCUT2D eigenvalue weighted by atomic mass is 9.97. The second kappa shape index (κ2) is 8.78. The van der Waals surface area contributed by atoms with E-state index in [0.29, 0.717) is 22.8 Å². The first-order valence-electron chi connectivity index (χ1n) is 9.84. The lowest BCUT2D eigenvalue weighted by Crippen LogP contribution is -2.90. The van der Waals surface area contributed by atoms with E-state index < -0.39 is 0 Å². The molecule has 0 radical (unpaired) electrons. The summed E-state index contributed by atoms with van der Waals surface area (Å²) in [6, 6.07) is 19.1. The minimum atomic E-state index is -0.374. The molecule has 4 rings (SSSR count). The number of benzene rings is 3. The summed E-state index contributed by atoms with van der Waals surface area (Å²) in [6.07, 6.45) is 1.64. The van der Waals surface area contributed by atoms with Crippen molar-refractivity contribution in [2.75, 3.05) is 6.61 Å². The number of rotatable bonds is 5. The fourth-order valence-corrected chi connectivity index (χ4v) is 3.86. The molecule has 2 atom stereocenters. The van der Waals surface area contributed by atoms with Crippen molar-refractivity contribution < 1.29 is 19.6 Å². The van der Waals surface area contributed by atoms with Crippen molar-refractivity contribution in [3.05, 3.63) is 100 Å². The van der Waals surface area contributed by atoms with Gasteiger partial charge in [-0.2, -0.15) is 0 Å². The Bertz CT molecular complexity index is 1070. The van der Waals surface area contributed by atoms with Gasteiger partial charge in [0.15, 0.2) is 6.17 Å². The van der Waals surface area contributed by atoms with Crippen LogP contribution in [0.1, 0.15) is 35.8 Å². The molecular formula is C24H23ClFN2O2+. The van der Waals surface area contributed by atoms with E-state index in [0.717, 1.165) is 17.0 Å². The molecule has 3 aromatic carbocycles. The maximum Gasteiger partial charge on any atom is 0.189 e. The molecule has 3 aromatic rings. The molecule has 0 saturated heterocycles. The quantitative estimate of drug-likeness (QED) is 0.563. The van der Waals surface area contributed by atoms with Gasteiger partial charge in [0.25, 0.3) is 0 Å². The zero-order valence-corrected chi connectivity index (χ0v) is 17.2. The van der Waals surface area contributed by atoms with Gasteiger partial charge in [-0.3, -0.25) is 0 Å². The maximum atomic E-state index is 14.5. The van der Waals surface area contributed by atoms with Crippen molar-refractivity contribution in [1.29, 1.82) is 0 Å². The summed E-state index contributed by atoms with van der Waals surface area (Å²) in [5.41, 5.74) is 3.01. The largest absolute Gasteiger partial charge is 0.507 e. The molecule has 1 aliphatic heterocycles. The molecule has 4 N–H and O–H groups in total. The Kier molecular flexibility index (Phi) is 5.93. The van der Waals surface area contributed by atoms with Crippen LogP contribution >= 0.6 is 11.6 Å². The van der Waals surface area contributed by atoms with Crippen molar-refractivity contribution in [3.8, 4) is 11.5 Å². The summed E-state index contributed by atoms with van der Waals surface area (Å²) in [5, 5.41) is 16.4. The van der Waals surface area contributed by atoms with Crippen LogP contribution in [0.4, 0.5) is 4.39 Å².